The molecule has 0 aromatic heterocycles. The van der Waals surface area contributed by atoms with Crippen LogP contribution in [0.1, 0.15) is 36.7 Å². The van der Waals surface area contributed by atoms with Crippen molar-refractivity contribution in [3.8, 4) is 5.75 Å². The Balaban J connectivity index is 2.59. The van der Waals surface area contributed by atoms with E-state index >= 15 is 0 Å². The number of carbonyl (C=O) groups excluding carboxylic acids is 5. The number of ether oxygens (including phenoxy) is 7. The van der Waals surface area contributed by atoms with E-state index in [1.165, 1.54) is 24.3 Å². The third-order valence-electron chi connectivity index (χ3n) is 4.86. The summed E-state index contributed by atoms with van der Waals surface area (Å²) < 4.78 is 37.1. The van der Waals surface area contributed by atoms with Crippen molar-refractivity contribution in [3.05, 3.63) is 42.0 Å². The summed E-state index contributed by atoms with van der Waals surface area (Å²) in [5, 5.41) is 9.48. The van der Waals surface area contributed by atoms with Gasteiger partial charge in [0.25, 0.3) is 0 Å². The zero-order valence-corrected chi connectivity index (χ0v) is 20.7. The van der Waals surface area contributed by atoms with E-state index < -0.39 is 67.2 Å². The monoisotopic (exact) mass is 524 g/mol. The van der Waals surface area contributed by atoms with Crippen molar-refractivity contribution in [2.45, 2.75) is 58.1 Å². The second-order valence-electron chi connectivity index (χ2n) is 7.66. The molecule has 0 amide bonds. The van der Waals surface area contributed by atoms with Crippen LogP contribution in [0, 0.1) is 0 Å². The molecule has 1 aromatic carbocycles. The van der Waals surface area contributed by atoms with Crippen molar-refractivity contribution < 1.29 is 62.2 Å². The van der Waals surface area contributed by atoms with E-state index in [1.807, 2.05) is 0 Å². The summed E-state index contributed by atoms with van der Waals surface area (Å²) in [6.45, 7) is 6.10. The average molecular weight is 524 g/mol. The van der Waals surface area contributed by atoms with Crippen LogP contribution in [0.2, 0.25) is 0 Å². The van der Waals surface area contributed by atoms with Crippen LogP contribution in [0.5, 0.6) is 5.75 Å². The molecule has 1 saturated heterocycles. The summed E-state index contributed by atoms with van der Waals surface area (Å²) >= 11 is 0. The van der Waals surface area contributed by atoms with Gasteiger partial charge < -0.3 is 38.3 Å². The number of hydrogen-bond donors (Lipinski definition) is 1. The molecule has 1 fully saturated rings. The largest absolute Gasteiger partial charge is 0.467 e. The molecule has 13 heteroatoms. The molecule has 1 N–H and O–H groups in total. The van der Waals surface area contributed by atoms with Crippen LogP contribution in [-0.2, 0) is 54.2 Å². The Morgan fingerprint density at radius 3 is 2.11 bits per heavy atom. The van der Waals surface area contributed by atoms with Gasteiger partial charge in [-0.1, -0.05) is 18.7 Å². The lowest BCUT2D eigenvalue weighted by Crippen LogP contribution is -2.64. The van der Waals surface area contributed by atoms with Crippen LogP contribution in [0.15, 0.2) is 30.9 Å². The number of benzene rings is 1. The van der Waals surface area contributed by atoms with Gasteiger partial charge >= 0.3 is 29.8 Å². The third kappa shape index (κ3) is 7.75. The zero-order chi connectivity index (χ0) is 27.7. The van der Waals surface area contributed by atoms with Gasteiger partial charge in [0.05, 0.1) is 13.7 Å². The lowest BCUT2D eigenvalue weighted by atomic mass is 9.97. The molecule has 1 heterocycles. The third-order valence-corrected chi connectivity index (χ3v) is 4.86. The lowest BCUT2D eigenvalue weighted by Gasteiger charge is -2.43. The number of esters is 5. The number of methoxy groups -OCH3 is 1. The average Bonchev–Trinajstić information content (AvgIpc) is 2.84. The van der Waals surface area contributed by atoms with Gasteiger partial charge in [0.2, 0.25) is 12.4 Å². The maximum Gasteiger partial charge on any atom is 0.342 e. The number of hydrogen-bond acceptors (Lipinski definition) is 13. The fraction of sp³-hybridized carbons (Fsp3) is 0.458. The van der Waals surface area contributed by atoms with Gasteiger partial charge in [-0.3, -0.25) is 14.4 Å². The Bertz CT molecular complexity index is 1030. The smallest absolute Gasteiger partial charge is 0.342 e. The van der Waals surface area contributed by atoms with Gasteiger partial charge in [-0.25, -0.2) is 9.59 Å². The molecule has 0 radical (unpaired) electrons. The molecule has 1 aliphatic heterocycles. The number of aliphatic hydroxyl groups excluding tert-OH is 1. The minimum atomic E-state index is -1.68. The maximum absolute atomic E-state index is 12.6. The quantitative estimate of drug-likeness (QED) is 0.256. The van der Waals surface area contributed by atoms with E-state index in [0.29, 0.717) is 5.56 Å². The predicted molar refractivity (Wildman–Crippen MR) is 121 cm³/mol. The van der Waals surface area contributed by atoms with E-state index in [-0.39, 0.29) is 17.9 Å². The predicted octanol–water partition coefficient (Wildman–Crippen LogP) is 0.594. The van der Waals surface area contributed by atoms with Crippen LogP contribution in [-0.4, -0.2) is 79.4 Å². The van der Waals surface area contributed by atoms with Crippen molar-refractivity contribution in [3.63, 3.8) is 0 Å². The highest BCUT2D eigenvalue weighted by atomic mass is 16.7. The number of carbonyl (C=O) groups is 5. The van der Waals surface area contributed by atoms with Gasteiger partial charge in [0, 0.05) is 20.8 Å². The molecule has 2 rings (SSSR count). The highest BCUT2D eigenvalue weighted by molar-refractivity contribution is 5.92. The van der Waals surface area contributed by atoms with Crippen LogP contribution in [0.25, 0.3) is 0 Å². The Labute approximate surface area is 212 Å². The van der Waals surface area contributed by atoms with Crippen molar-refractivity contribution in [1.82, 2.24) is 0 Å². The van der Waals surface area contributed by atoms with Gasteiger partial charge in [-0.2, -0.15) is 0 Å². The fourth-order valence-electron chi connectivity index (χ4n) is 3.45. The van der Waals surface area contributed by atoms with E-state index in [0.717, 1.165) is 27.9 Å². The van der Waals surface area contributed by atoms with Gasteiger partial charge in [0.1, 0.15) is 17.9 Å². The number of aliphatic hydroxyl groups is 1. The van der Waals surface area contributed by atoms with E-state index in [2.05, 4.69) is 6.58 Å². The first kappa shape index (κ1) is 29.3. The normalized spacial score (nSPS) is 22.7. The summed E-state index contributed by atoms with van der Waals surface area (Å²) in [6, 6.07) is 4.05. The summed E-state index contributed by atoms with van der Waals surface area (Å²) in [6.07, 6.45) is -6.72. The highest BCUT2D eigenvalue weighted by Gasteiger charge is 2.56. The molecule has 13 nitrogen and oxygen atoms in total. The SMILES string of the molecule is C=CCOC(=O)c1cc(CO)ccc1O[C@@H]1O[C@H](C(=O)OC)[C@@H](OC(C)=O)[C@H](OC(C)=O)[C@H]1OC(C)=O. The molecule has 5 atom stereocenters. The van der Waals surface area contributed by atoms with Crippen molar-refractivity contribution in [2.24, 2.45) is 0 Å². The Hall–Kier alpha value is -3.97. The maximum atomic E-state index is 12.6. The molecule has 0 aliphatic carbocycles. The molecule has 0 saturated carbocycles. The van der Waals surface area contributed by atoms with Crippen LogP contribution >= 0.6 is 0 Å². The second-order valence-corrected chi connectivity index (χ2v) is 7.66. The zero-order valence-electron chi connectivity index (χ0n) is 20.7. The standard InChI is InChI=1S/C24H28O13/c1-6-9-32-22(29)16-10-15(11-25)7-8-17(16)36-24-21(35-14(4)28)19(34-13(3)27)18(33-12(2)26)20(37-24)23(30)31-5/h6-8,10,18-21,24-25H,1,9,11H2,2-5H3/t18-,19-,20-,21+,24+/m0/s1. The Morgan fingerprint density at radius 2 is 1.57 bits per heavy atom. The molecule has 202 valence electrons. The second kappa shape index (κ2) is 13.4. The first-order chi connectivity index (χ1) is 17.5. The first-order valence-corrected chi connectivity index (χ1v) is 11.0. The summed E-state index contributed by atoms with van der Waals surface area (Å²) in [7, 11) is 1.05. The molecule has 0 bridgehead atoms. The minimum Gasteiger partial charge on any atom is -0.467 e. The summed E-state index contributed by atoms with van der Waals surface area (Å²) in [5.41, 5.74) is 0.207. The van der Waals surface area contributed by atoms with E-state index in [9.17, 15) is 29.1 Å². The van der Waals surface area contributed by atoms with Crippen LogP contribution in [0.4, 0.5) is 0 Å². The van der Waals surface area contributed by atoms with E-state index in [1.54, 1.807) is 0 Å². The van der Waals surface area contributed by atoms with Crippen LogP contribution in [0.3, 0.4) is 0 Å². The fourth-order valence-corrected chi connectivity index (χ4v) is 3.45. The van der Waals surface area contributed by atoms with Crippen LogP contribution < -0.4 is 4.74 Å². The summed E-state index contributed by atoms with van der Waals surface area (Å²) in [4.78, 5) is 60.8. The molecular formula is C24H28O13. The Kier molecular flexibility index (Phi) is 10.6. The van der Waals surface area contributed by atoms with Gasteiger partial charge in [0.15, 0.2) is 18.3 Å². The molecular weight excluding hydrogens is 496 g/mol. The highest BCUT2D eigenvalue weighted by Crippen LogP contribution is 2.32. The Morgan fingerprint density at radius 1 is 0.973 bits per heavy atom. The molecule has 1 aliphatic rings. The summed E-state index contributed by atoms with van der Waals surface area (Å²) in [5.74, 6) is -4.57. The lowest BCUT2D eigenvalue weighted by molar-refractivity contribution is -0.282. The molecule has 1 aromatic rings. The topological polar surface area (TPSA) is 170 Å². The van der Waals surface area contributed by atoms with E-state index in [4.69, 9.17) is 33.2 Å². The van der Waals surface area contributed by atoms with Crippen molar-refractivity contribution >= 4 is 29.8 Å². The molecule has 0 spiro atoms. The van der Waals surface area contributed by atoms with Gasteiger partial charge in [-0.15, -0.1) is 0 Å². The van der Waals surface area contributed by atoms with Crippen molar-refractivity contribution in [1.29, 1.82) is 0 Å². The molecule has 0 unspecified atom stereocenters. The van der Waals surface area contributed by atoms with Gasteiger partial charge in [-0.05, 0) is 17.7 Å². The first-order valence-electron chi connectivity index (χ1n) is 11.0. The number of rotatable bonds is 10. The minimum absolute atomic E-state index is 0.124. The molecule has 37 heavy (non-hydrogen) atoms. The van der Waals surface area contributed by atoms with Crippen molar-refractivity contribution in [2.75, 3.05) is 13.7 Å².